The van der Waals surface area contributed by atoms with E-state index < -0.39 is 0 Å². The van der Waals surface area contributed by atoms with Gasteiger partial charge in [0.15, 0.2) is 0 Å². The minimum Gasteiger partial charge on any atom is -0.339 e. The predicted molar refractivity (Wildman–Crippen MR) is 101 cm³/mol. The molecule has 1 N–H and O–H groups in total. The molecule has 24 heavy (non-hydrogen) atoms. The number of carbonyl (C=O) groups is 2. The van der Waals surface area contributed by atoms with Crippen molar-refractivity contribution < 1.29 is 9.59 Å². The molecule has 0 aliphatic carbocycles. The molecule has 1 aliphatic rings. The molecule has 1 heterocycles. The second kappa shape index (κ2) is 9.71. The third-order valence-electron chi connectivity index (χ3n) is 3.70. The number of piperazine rings is 1. The second-order valence-corrected chi connectivity index (χ2v) is 6.93. The molecule has 5 nitrogen and oxygen atoms in total. The van der Waals surface area contributed by atoms with Crippen LogP contribution >= 0.6 is 23.4 Å². The van der Waals surface area contributed by atoms with Crippen molar-refractivity contribution in [3.8, 4) is 0 Å². The van der Waals surface area contributed by atoms with Crippen molar-refractivity contribution in [3.05, 3.63) is 41.9 Å². The van der Waals surface area contributed by atoms with Gasteiger partial charge in [-0.3, -0.25) is 14.5 Å². The zero-order valence-electron chi connectivity index (χ0n) is 13.5. The van der Waals surface area contributed by atoms with Crippen molar-refractivity contribution >= 4 is 40.9 Å². The predicted octanol–water partition coefficient (Wildman–Crippen LogP) is 2.34. The summed E-state index contributed by atoms with van der Waals surface area (Å²) in [6.45, 7) is 6.67. The molecule has 1 aliphatic heterocycles. The van der Waals surface area contributed by atoms with E-state index in [0.717, 1.165) is 5.75 Å². The van der Waals surface area contributed by atoms with Gasteiger partial charge in [0, 0.05) is 31.9 Å². The highest BCUT2D eigenvalue weighted by Gasteiger charge is 2.22. The minimum absolute atomic E-state index is 0.0931. The third-order valence-corrected chi connectivity index (χ3v) is 4.95. The van der Waals surface area contributed by atoms with Crippen LogP contribution in [-0.4, -0.2) is 65.8 Å². The first-order valence-electron chi connectivity index (χ1n) is 7.83. The van der Waals surface area contributed by atoms with Crippen LogP contribution in [0.15, 0.2) is 36.9 Å². The number of benzene rings is 1. The summed E-state index contributed by atoms with van der Waals surface area (Å²) < 4.78 is 0. The number of nitrogens with one attached hydrogen (secondary N) is 1. The van der Waals surface area contributed by atoms with Crippen molar-refractivity contribution in [2.75, 3.05) is 49.5 Å². The number of halogens is 1. The maximum atomic E-state index is 12.1. The number of amides is 2. The van der Waals surface area contributed by atoms with Gasteiger partial charge >= 0.3 is 0 Å². The van der Waals surface area contributed by atoms with E-state index in [1.807, 2.05) is 21.9 Å². The fourth-order valence-corrected chi connectivity index (χ4v) is 3.26. The Balaban J connectivity index is 1.72. The Morgan fingerprint density at radius 3 is 2.62 bits per heavy atom. The lowest BCUT2D eigenvalue weighted by Crippen LogP contribution is -2.50. The minimum atomic E-state index is -0.0931. The highest BCUT2D eigenvalue weighted by molar-refractivity contribution is 8.00. The zero-order valence-corrected chi connectivity index (χ0v) is 15.1. The summed E-state index contributed by atoms with van der Waals surface area (Å²) in [5.41, 5.74) is 0.622. The van der Waals surface area contributed by atoms with Crippen molar-refractivity contribution in [2.24, 2.45) is 0 Å². The average Bonchev–Trinajstić information content (AvgIpc) is 2.58. The summed E-state index contributed by atoms with van der Waals surface area (Å²) in [5.74, 6) is 1.33. The van der Waals surface area contributed by atoms with E-state index in [-0.39, 0.29) is 11.8 Å². The van der Waals surface area contributed by atoms with Gasteiger partial charge in [-0.25, -0.2) is 0 Å². The highest BCUT2D eigenvalue weighted by Crippen LogP contribution is 2.20. The third kappa shape index (κ3) is 5.85. The van der Waals surface area contributed by atoms with E-state index in [9.17, 15) is 9.59 Å². The molecule has 0 spiro atoms. The number of para-hydroxylation sites is 1. The molecule has 7 heteroatoms. The average molecular weight is 368 g/mol. The fourth-order valence-electron chi connectivity index (χ4n) is 2.43. The van der Waals surface area contributed by atoms with Gasteiger partial charge in [0.2, 0.25) is 11.8 Å². The van der Waals surface area contributed by atoms with Crippen LogP contribution in [0.4, 0.5) is 5.69 Å². The number of hydrogen-bond acceptors (Lipinski definition) is 4. The van der Waals surface area contributed by atoms with Gasteiger partial charge in [0.05, 0.1) is 23.0 Å². The van der Waals surface area contributed by atoms with E-state index >= 15 is 0 Å². The first kappa shape index (κ1) is 18.8. The van der Waals surface area contributed by atoms with Crippen LogP contribution in [0.1, 0.15) is 0 Å². The Labute approximate surface area is 152 Å². The molecule has 2 rings (SSSR count). The Morgan fingerprint density at radius 2 is 1.96 bits per heavy atom. The summed E-state index contributed by atoms with van der Waals surface area (Å²) in [6, 6.07) is 7.17. The van der Waals surface area contributed by atoms with Gasteiger partial charge in [-0.2, -0.15) is 0 Å². The number of hydrogen-bond donors (Lipinski definition) is 1. The molecule has 2 amide bonds. The number of thioether (sulfide) groups is 1. The lowest BCUT2D eigenvalue weighted by Gasteiger charge is -2.34. The van der Waals surface area contributed by atoms with Crippen LogP contribution in [0.5, 0.6) is 0 Å². The van der Waals surface area contributed by atoms with Gasteiger partial charge < -0.3 is 10.2 Å². The van der Waals surface area contributed by atoms with Gasteiger partial charge in [-0.1, -0.05) is 29.8 Å². The quantitative estimate of drug-likeness (QED) is 0.593. The Bertz CT molecular complexity index is 589. The second-order valence-electron chi connectivity index (χ2n) is 5.49. The van der Waals surface area contributed by atoms with Crippen molar-refractivity contribution in [2.45, 2.75) is 0 Å². The number of anilines is 1. The molecule has 0 saturated carbocycles. The lowest BCUT2D eigenvalue weighted by atomic mass is 10.3. The molecule has 1 saturated heterocycles. The van der Waals surface area contributed by atoms with Crippen molar-refractivity contribution in [1.82, 2.24) is 9.80 Å². The largest absolute Gasteiger partial charge is 0.339 e. The highest BCUT2D eigenvalue weighted by atomic mass is 35.5. The normalized spacial score (nSPS) is 15.1. The molecule has 0 unspecified atom stereocenters. The van der Waals surface area contributed by atoms with Crippen LogP contribution in [0.3, 0.4) is 0 Å². The van der Waals surface area contributed by atoms with Gasteiger partial charge in [-0.05, 0) is 12.1 Å². The summed E-state index contributed by atoms with van der Waals surface area (Å²) in [5, 5.41) is 3.35. The molecule has 130 valence electrons. The topological polar surface area (TPSA) is 52.7 Å². The molecule has 0 atom stereocenters. The van der Waals surface area contributed by atoms with E-state index in [2.05, 4.69) is 11.9 Å². The number of carbonyl (C=O) groups excluding carboxylic acids is 2. The smallest absolute Gasteiger partial charge is 0.238 e. The molecular weight excluding hydrogens is 346 g/mol. The van der Waals surface area contributed by atoms with Crippen LogP contribution in [0, 0.1) is 0 Å². The first-order valence-corrected chi connectivity index (χ1v) is 9.36. The van der Waals surface area contributed by atoms with E-state index in [1.54, 1.807) is 30.0 Å². The molecule has 0 bridgehead atoms. The molecule has 0 aromatic heterocycles. The molecule has 1 aromatic carbocycles. The fraction of sp³-hybridized carbons (Fsp3) is 0.412. The zero-order chi connectivity index (χ0) is 17.4. The Hall–Kier alpha value is -1.50. The molecule has 0 radical (unpaired) electrons. The van der Waals surface area contributed by atoms with E-state index in [0.29, 0.717) is 49.2 Å². The van der Waals surface area contributed by atoms with Crippen molar-refractivity contribution in [1.29, 1.82) is 0 Å². The monoisotopic (exact) mass is 367 g/mol. The summed E-state index contributed by atoms with van der Waals surface area (Å²) in [4.78, 5) is 28.1. The van der Waals surface area contributed by atoms with Crippen LogP contribution in [0.25, 0.3) is 0 Å². The number of nitrogens with zero attached hydrogens (tertiary/aromatic N) is 2. The maximum Gasteiger partial charge on any atom is 0.238 e. The molecule has 1 fully saturated rings. The van der Waals surface area contributed by atoms with E-state index in [4.69, 9.17) is 11.6 Å². The number of rotatable bonds is 7. The maximum absolute atomic E-state index is 12.1. The summed E-state index contributed by atoms with van der Waals surface area (Å²) >= 11 is 7.61. The summed E-state index contributed by atoms with van der Waals surface area (Å²) in [6.07, 6.45) is 1.80. The van der Waals surface area contributed by atoms with Gasteiger partial charge in [0.1, 0.15) is 0 Å². The Kier molecular flexibility index (Phi) is 7.62. The molecular formula is C17H22ClN3O2S. The van der Waals surface area contributed by atoms with Crippen LogP contribution in [-0.2, 0) is 9.59 Å². The molecule has 1 aromatic rings. The Morgan fingerprint density at radius 1 is 1.25 bits per heavy atom. The SMILES string of the molecule is C=CCSCC(=O)N1CCN(CC(=O)Nc2ccccc2Cl)CC1. The van der Waals surface area contributed by atoms with Crippen LogP contribution in [0.2, 0.25) is 5.02 Å². The van der Waals surface area contributed by atoms with E-state index in [1.165, 1.54) is 0 Å². The summed E-state index contributed by atoms with van der Waals surface area (Å²) in [7, 11) is 0. The lowest BCUT2D eigenvalue weighted by molar-refractivity contribution is -0.130. The van der Waals surface area contributed by atoms with Gasteiger partial charge in [0.25, 0.3) is 0 Å². The van der Waals surface area contributed by atoms with Gasteiger partial charge in [-0.15, -0.1) is 18.3 Å². The standard InChI is InChI=1S/C17H22ClN3O2S/c1-2-11-24-13-17(23)21-9-7-20(8-10-21)12-16(22)19-15-6-4-3-5-14(15)18/h2-6H,1,7-13H2,(H,19,22). The van der Waals surface area contributed by atoms with Crippen LogP contribution < -0.4 is 5.32 Å². The van der Waals surface area contributed by atoms with Crippen molar-refractivity contribution in [3.63, 3.8) is 0 Å². The first-order chi connectivity index (χ1) is 11.6.